The highest BCUT2D eigenvalue weighted by atomic mass is 32.2. The average molecular weight is 437 g/mol. The van der Waals surface area contributed by atoms with E-state index in [1.807, 2.05) is 31.2 Å². The predicted octanol–water partition coefficient (Wildman–Crippen LogP) is 4.30. The van der Waals surface area contributed by atoms with Crippen molar-refractivity contribution < 1.29 is 23.6 Å². The molecule has 0 atom stereocenters. The van der Waals surface area contributed by atoms with Gasteiger partial charge in [0, 0.05) is 17.2 Å². The smallest absolute Gasteiger partial charge is 0.294 e. The number of carbonyl (C=O) groups excluding carboxylic acids is 2. The molecule has 1 fully saturated rings. The number of methoxy groups -OCH3 is 2. The third-order valence-electron chi connectivity index (χ3n) is 4.67. The molecular formula is C22H19N3O5S. The van der Waals surface area contributed by atoms with Crippen LogP contribution in [0.15, 0.2) is 51.9 Å². The molecule has 0 saturated carbocycles. The number of carbonyl (C=O) groups is 2. The van der Waals surface area contributed by atoms with Gasteiger partial charge in [0.1, 0.15) is 18.0 Å². The Hall–Kier alpha value is -3.59. The number of amides is 2. The van der Waals surface area contributed by atoms with E-state index in [4.69, 9.17) is 14.0 Å². The summed E-state index contributed by atoms with van der Waals surface area (Å²) in [5, 5.41) is 3.54. The average Bonchev–Trinajstić information content (AvgIpc) is 3.35. The number of hydrogen-bond acceptors (Lipinski definition) is 8. The first-order valence-corrected chi connectivity index (χ1v) is 10.2. The van der Waals surface area contributed by atoms with Crippen LogP contribution in [-0.4, -0.2) is 40.4 Å². The summed E-state index contributed by atoms with van der Waals surface area (Å²) in [6.07, 6.45) is 1.62. The van der Waals surface area contributed by atoms with Crippen LogP contribution in [0.3, 0.4) is 0 Å². The number of rotatable bonds is 6. The van der Waals surface area contributed by atoms with Gasteiger partial charge in [0.05, 0.1) is 19.1 Å². The summed E-state index contributed by atoms with van der Waals surface area (Å²) >= 11 is 0.852. The first kappa shape index (κ1) is 20.7. The van der Waals surface area contributed by atoms with E-state index >= 15 is 0 Å². The molecule has 0 aliphatic carbocycles. The zero-order chi connectivity index (χ0) is 22.0. The van der Waals surface area contributed by atoms with Crippen LogP contribution in [0.25, 0.3) is 17.5 Å². The van der Waals surface area contributed by atoms with Crippen molar-refractivity contribution in [2.45, 2.75) is 13.5 Å². The molecule has 1 aromatic heterocycles. The lowest BCUT2D eigenvalue weighted by Gasteiger charge is -2.09. The van der Waals surface area contributed by atoms with Crippen LogP contribution in [-0.2, 0) is 11.3 Å². The Kier molecular flexibility index (Phi) is 5.77. The summed E-state index contributed by atoms with van der Waals surface area (Å²) < 4.78 is 15.8. The first-order valence-electron chi connectivity index (χ1n) is 9.35. The van der Waals surface area contributed by atoms with Crippen LogP contribution in [0.4, 0.5) is 4.79 Å². The second-order valence-corrected chi connectivity index (χ2v) is 7.75. The van der Waals surface area contributed by atoms with Gasteiger partial charge in [-0.05, 0) is 36.9 Å². The molecule has 2 aromatic carbocycles. The molecule has 158 valence electrons. The number of thioether (sulfide) groups is 1. The lowest BCUT2D eigenvalue weighted by Crippen LogP contribution is -2.27. The van der Waals surface area contributed by atoms with Gasteiger partial charge >= 0.3 is 0 Å². The van der Waals surface area contributed by atoms with Crippen molar-refractivity contribution in [2.24, 2.45) is 0 Å². The minimum absolute atomic E-state index is 0.0966. The van der Waals surface area contributed by atoms with Gasteiger partial charge < -0.3 is 14.0 Å². The lowest BCUT2D eigenvalue weighted by molar-refractivity contribution is -0.123. The van der Waals surface area contributed by atoms with E-state index < -0.39 is 11.1 Å². The summed E-state index contributed by atoms with van der Waals surface area (Å²) in [6, 6.07) is 12.9. The standard InChI is InChI=1S/C22H19N3O5S/c1-13-4-6-14(7-5-13)20-23-19(30-24-20)12-25-21(26)18(31-22(25)27)10-15-8-9-16(28-2)11-17(15)29-3/h4-11H,12H2,1-3H3/b18-10-. The molecule has 0 unspecified atom stereocenters. The van der Waals surface area contributed by atoms with Crippen molar-refractivity contribution in [3.8, 4) is 22.9 Å². The van der Waals surface area contributed by atoms with Crippen molar-refractivity contribution in [3.05, 3.63) is 64.4 Å². The van der Waals surface area contributed by atoms with E-state index in [0.717, 1.165) is 27.8 Å². The summed E-state index contributed by atoms with van der Waals surface area (Å²) in [5.74, 6) is 1.32. The molecule has 0 spiro atoms. The Bertz CT molecular complexity index is 1170. The SMILES string of the molecule is COc1ccc(/C=C2\SC(=O)N(Cc3nc(-c4ccc(C)cc4)no3)C2=O)c(OC)c1. The van der Waals surface area contributed by atoms with Crippen molar-refractivity contribution in [3.63, 3.8) is 0 Å². The van der Waals surface area contributed by atoms with Crippen molar-refractivity contribution in [1.82, 2.24) is 15.0 Å². The second kappa shape index (κ2) is 8.65. The first-order chi connectivity index (χ1) is 15.0. The van der Waals surface area contributed by atoms with E-state index in [1.165, 1.54) is 7.11 Å². The number of aromatic nitrogens is 2. The van der Waals surface area contributed by atoms with Crippen molar-refractivity contribution in [1.29, 1.82) is 0 Å². The Morgan fingerprint density at radius 3 is 2.58 bits per heavy atom. The lowest BCUT2D eigenvalue weighted by atomic mass is 10.1. The molecule has 0 bridgehead atoms. The highest BCUT2D eigenvalue weighted by Crippen LogP contribution is 2.35. The molecule has 8 nitrogen and oxygen atoms in total. The second-order valence-electron chi connectivity index (χ2n) is 6.75. The molecular weight excluding hydrogens is 418 g/mol. The summed E-state index contributed by atoms with van der Waals surface area (Å²) in [6.45, 7) is 1.89. The van der Waals surface area contributed by atoms with Crippen LogP contribution < -0.4 is 9.47 Å². The molecule has 2 heterocycles. The maximum atomic E-state index is 12.8. The van der Waals surface area contributed by atoms with Gasteiger partial charge in [-0.3, -0.25) is 14.5 Å². The summed E-state index contributed by atoms with van der Waals surface area (Å²) in [5.41, 5.74) is 2.57. The monoisotopic (exact) mass is 437 g/mol. The molecule has 2 amide bonds. The fourth-order valence-electron chi connectivity index (χ4n) is 2.99. The van der Waals surface area contributed by atoms with Gasteiger partial charge in [0.25, 0.3) is 11.1 Å². The Balaban J connectivity index is 1.53. The number of ether oxygens (including phenoxy) is 2. The zero-order valence-corrected chi connectivity index (χ0v) is 17.9. The molecule has 31 heavy (non-hydrogen) atoms. The quantitative estimate of drug-likeness (QED) is 0.527. The number of aryl methyl sites for hydroxylation is 1. The van der Waals surface area contributed by atoms with Crippen LogP contribution in [0.5, 0.6) is 11.5 Å². The molecule has 0 radical (unpaired) electrons. The Morgan fingerprint density at radius 2 is 1.87 bits per heavy atom. The predicted molar refractivity (Wildman–Crippen MR) is 116 cm³/mol. The van der Waals surface area contributed by atoms with Crippen LogP contribution >= 0.6 is 11.8 Å². The number of imide groups is 1. The zero-order valence-electron chi connectivity index (χ0n) is 17.1. The number of benzene rings is 2. The van der Waals surface area contributed by atoms with Gasteiger partial charge in [0.2, 0.25) is 11.7 Å². The highest BCUT2D eigenvalue weighted by molar-refractivity contribution is 8.18. The molecule has 9 heteroatoms. The van der Waals surface area contributed by atoms with Crippen LogP contribution in [0.2, 0.25) is 0 Å². The largest absolute Gasteiger partial charge is 0.497 e. The third kappa shape index (κ3) is 4.31. The van der Waals surface area contributed by atoms with Gasteiger partial charge in [-0.25, -0.2) is 0 Å². The van der Waals surface area contributed by atoms with E-state index in [0.29, 0.717) is 22.9 Å². The third-order valence-corrected chi connectivity index (χ3v) is 5.58. The van der Waals surface area contributed by atoms with Crippen LogP contribution in [0, 0.1) is 6.92 Å². The van der Waals surface area contributed by atoms with Crippen molar-refractivity contribution in [2.75, 3.05) is 14.2 Å². The normalized spacial score (nSPS) is 15.1. The molecule has 1 saturated heterocycles. The van der Waals surface area contributed by atoms with E-state index in [9.17, 15) is 9.59 Å². The van der Waals surface area contributed by atoms with Gasteiger partial charge in [-0.15, -0.1) is 0 Å². The van der Waals surface area contributed by atoms with E-state index in [2.05, 4.69) is 10.1 Å². The Morgan fingerprint density at radius 1 is 1.10 bits per heavy atom. The van der Waals surface area contributed by atoms with Crippen LogP contribution in [0.1, 0.15) is 17.0 Å². The number of nitrogens with zero attached hydrogens (tertiary/aromatic N) is 3. The summed E-state index contributed by atoms with van der Waals surface area (Å²) in [7, 11) is 3.08. The minimum atomic E-state index is -0.428. The number of hydrogen-bond donors (Lipinski definition) is 0. The Labute approximate surface area is 182 Å². The summed E-state index contributed by atoms with van der Waals surface area (Å²) in [4.78, 5) is 30.9. The molecule has 0 N–H and O–H groups in total. The maximum Gasteiger partial charge on any atom is 0.294 e. The van der Waals surface area contributed by atoms with E-state index in [-0.39, 0.29) is 17.3 Å². The fourth-order valence-corrected chi connectivity index (χ4v) is 3.82. The fraction of sp³-hybridized carbons (Fsp3) is 0.182. The molecule has 3 aromatic rings. The van der Waals surface area contributed by atoms with Gasteiger partial charge in [0.15, 0.2) is 0 Å². The topological polar surface area (TPSA) is 94.8 Å². The van der Waals surface area contributed by atoms with Gasteiger partial charge in [-0.1, -0.05) is 35.0 Å². The molecule has 1 aliphatic rings. The van der Waals surface area contributed by atoms with Gasteiger partial charge in [-0.2, -0.15) is 4.98 Å². The maximum absolute atomic E-state index is 12.8. The molecule has 4 rings (SSSR count). The highest BCUT2D eigenvalue weighted by Gasteiger charge is 2.36. The van der Waals surface area contributed by atoms with Crippen molar-refractivity contribution >= 4 is 29.0 Å². The molecule has 1 aliphatic heterocycles. The van der Waals surface area contributed by atoms with E-state index in [1.54, 1.807) is 31.4 Å². The minimum Gasteiger partial charge on any atom is -0.497 e.